The molecule has 3 aliphatic rings. The predicted molar refractivity (Wildman–Crippen MR) is 421 cm³/mol. The van der Waals surface area contributed by atoms with Crippen molar-refractivity contribution in [2.45, 2.75) is 516 Å². The van der Waals surface area contributed by atoms with Gasteiger partial charge in [0.2, 0.25) is 23.6 Å². The summed E-state index contributed by atoms with van der Waals surface area (Å²) in [6, 6.07) is 0.294. The maximum atomic E-state index is 13.3. The highest BCUT2D eigenvalue weighted by molar-refractivity contribution is 5.78. The molecule has 3 aliphatic carbocycles. The number of rotatable bonds is 62. The SMILES string of the molecule is CCCCCCCCC(=O)N[C@H]1CCCC[C@H]1NC(=O)CCCCCCC1CC(CCCCCCCC)C(CCCCCCCC)CC1CCCCCCC(=O)N[C@H]1CCCC[C@H]1NC(=O)CCCCCCCC.CCCCCCCCCCC.CCCCCCCCCCC. The summed E-state index contributed by atoms with van der Waals surface area (Å²) in [5.74, 6) is 4.10. The van der Waals surface area contributed by atoms with E-state index in [0.29, 0.717) is 25.7 Å². The van der Waals surface area contributed by atoms with Crippen LogP contribution in [0.25, 0.3) is 0 Å². The van der Waals surface area contributed by atoms with E-state index in [0.717, 1.165) is 126 Å². The van der Waals surface area contributed by atoms with Crippen molar-refractivity contribution in [2.24, 2.45) is 23.7 Å². The van der Waals surface area contributed by atoms with E-state index in [1.807, 2.05) is 0 Å². The Balaban J connectivity index is 0.00000177. The van der Waals surface area contributed by atoms with Crippen LogP contribution < -0.4 is 21.3 Å². The zero-order valence-electron chi connectivity index (χ0n) is 66.3. The highest BCUT2D eigenvalue weighted by atomic mass is 16.2. The Labute approximate surface area is 600 Å². The van der Waals surface area contributed by atoms with Crippen molar-refractivity contribution in [3.05, 3.63) is 0 Å². The van der Waals surface area contributed by atoms with Crippen LogP contribution in [0.3, 0.4) is 0 Å². The highest BCUT2D eigenvalue weighted by Gasteiger charge is 2.36. The largest absolute Gasteiger partial charge is 0.351 e. The Morgan fingerprint density at radius 1 is 0.208 bits per heavy atom. The van der Waals surface area contributed by atoms with E-state index in [4.69, 9.17) is 0 Å². The smallest absolute Gasteiger partial charge is 0.220 e. The number of carbonyl (C=O) groups excluding carboxylic acids is 4. The van der Waals surface area contributed by atoms with E-state index < -0.39 is 0 Å². The number of nitrogens with one attached hydrogen (secondary N) is 4. The fraction of sp³-hybridized carbons (Fsp3) is 0.955. The Hall–Kier alpha value is -2.12. The van der Waals surface area contributed by atoms with Gasteiger partial charge in [-0.05, 0) is 87.9 Å². The molecular weight excluding hydrogens is 1180 g/mol. The van der Waals surface area contributed by atoms with Gasteiger partial charge in [0, 0.05) is 49.9 Å². The lowest BCUT2D eigenvalue weighted by Crippen LogP contribution is -2.53. The summed E-state index contributed by atoms with van der Waals surface area (Å²) in [5, 5.41) is 13.4. The summed E-state index contributed by atoms with van der Waals surface area (Å²) >= 11 is 0. The van der Waals surface area contributed by atoms with Gasteiger partial charge in [0.25, 0.3) is 0 Å². The van der Waals surface area contributed by atoms with Gasteiger partial charge in [-0.15, -0.1) is 0 Å². The van der Waals surface area contributed by atoms with Crippen LogP contribution in [0.1, 0.15) is 492 Å². The van der Waals surface area contributed by atoms with Crippen LogP contribution in [0.2, 0.25) is 0 Å². The molecule has 8 atom stereocenters. The first-order valence-electron chi connectivity index (χ1n) is 44.3. The molecule has 4 amide bonds. The summed E-state index contributed by atoms with van der Waals surface area (Å²) in [5.41, 5.74) is 0. The maximum absolute atomic E-state index is 13.3. The normalized spacial score (nSPS) is 20.2. The van der Waals surface area contributed by atoms with Crippen LogP contribution in [-0.4, -0.2) is 47.8 Å². The molecule has 0 spiro atoms. The van der Waals surface area contributed by atoms with Crippen molar-refractivity contribution < 1.29 is 19.2 Å². The van der Waals surface area contributed by atoms with Gasteiger partial charge in [-0.1, -0.05) is 402 Å². The van der Waals surface area contributed by atoms with Crippen molar-refractivity contribution in [1.29, 1.82) is 0 Å². The average Bonchev–Trinajstić information content (AvgIpc) is 0.917. The molecule has 0 aromatic heterocycles. The van der Waals surface area contributed by atoms with Gasteiger partial charge in [0.1, 0.15) is 0 Å². The molecule has 3 saturated carbocycles. The van der Waals surface area contributed by atoms with Gasteiger partial charge >= 0.3 is 0 Å². The maximum Gasteiger partial charge on any atom is 0.220 e. The van der Waals surface area contributed by atoms with E-state index in [1.54, 1.807) is 0 Å². The quantitative estimate of drug-likeness (QED) is 0.0454. The number of unbranched alkanes of at least 4 members (excludes halogenated alkanes) is 42. The van der Waals surface area contributed by atoms with Crippen molar-refractivity contribution in [3.8, 4) is 0 Å². The zero-order valence-corrected chi connectivity index (χ0v) is 66.3. The fourth-order valence-corrected chi connectivity index (χ4v) is 16.4. The monoisotopic (exact) mass is 1350 g/mol. The Morgan fingerprint density at radius 2 is 0.354 bits per heavy atom. The molecule has 0 bridgehead atoms. The lowest BCUT2D eigenvalue weighted by Gasteiger charge is -2.42. The van der Waals surface area contributed by atoms with Crippen molar-refractivity contribution in [2.75, 3.05) is 0 Å². The lowest BCUT2D eigenvalue weighted by atomic mass is 9.63. The van der Waals surface area contributed by atoms with E-state index in [2.05, 4.69) is 76.7 Å². The van der Waals surface area contributed by atoms with Gasteiger partial charge < -0.3 is 21.3 Å². The van der Waals surface area contributed by atoms with Gasteiger partial charge in [-0.25, -0.2) is 0 Å². The summed E-state index contributed by atoms with van der Waals surface area (Å²) in [6.45, 7) is 18.2. The molecule has 8 nitrogen and oxygen atoms in total. The second-order valence-corrected chi connectivity index (χ2v) is 31.8. The minimum Gasteiger partial charge on any atom is -0.351 e. The first kappa shape index (κ1) is 91.9. The molecule has 4 N–H and O–H groups in total. The van der Waals surface area contributed by atoms with E-state index in [9.17, 15) is 19.2 Å². The Bertz CT molecular complexity index is 1550. The third kappa shape index (κ3) is 54.6. The van der Waals surface area contributed by atoms with Crippen LogP contribution in [0.5, 0.6) is 0 Å². The number of carbonyl (C=O) groups is 4. The second kappa shape index (κ2) is 69.9. The van der Waals surface area contributed by atoms with Crippen LogP contribution in [0.4, 0.5) is 0 Å². The molecule has 8 heteroatoms. The molecule has 0 saturated heterocycles. The molecule has 96 heavy (non-hydrogen) atoms. The molecule has 0 aliphatic heterocycles. The fourth-order valence-electron chi connectivity index (χ4n) is 16.4. The van der Waals surface area contributed by atoms with Crippen LogP contribution in [0.15, 0.2) is 0 Å². The van der Waals surface area contributed by atoms with Crippen LogP contribution in [-0.2, 0) is 19.2 Å². The molecule has 3 fully saturated rings. The van der Waals surface area contributed by atoms with Gasteiger partial charge in [0.15, 0.2) is 0 Å². The molecule has 0 aromatic carbocycles. The first-order valence-corrected chi connectivity index (χ1v) is 44.3. The van der Waals surface area contributed by atoms with Crippen LogP contribution >= 0.6 is 0 Å². The second-order valence-electron chi connectivity index (χ2n) is 31.8. The standard InChI is InChI=1S/C66H124N4O4.2C11H24/c1-5-9-13-17-21-29-41-55-53-57(43-31-25-27-35-51-65(73)69-61-47-39-37-45-59(61)67-63(71)49-33-23-19-15-11-7-3)58(54-56(55)42-30-22-18-14-10-6-2)44-32-26-28-36-52-66(74)70-62-48-40-38-46-60(62)68-64(72)50-34-24-20-16-12-8-4;2*1-3-5-7-9-11-10-8-6-4-2/h55-62H,5-54H2,1-4H3,(H,67,71)(H,68,72)(H,69,73)(H,70,74);2*3-11H2,1-2H3/t55?,56?,57?,58?,59-,60+,61+,62-;;. The molecule has 3 rings (SSSR count). The Kier molecular flexibility index (Phi) is 66.9. The lowest BCUT2D eigenvalue weighted by molar-refractivity contribution is -0.125. The summed E-state index contributed by atoms with van der Waals surface area (Å²) in [7, 11) is 0. The van der Waals surface area contributed by atoms with Crippen LogP contribution in [0, 0.1) is 23.7 Å². The van der Waals surface area contributed by atoms with Crippen molar-refractivity contribution >= 4 is 23.6 Å². The highest BCUT2D eigenvalue weighted by Crippen LogP contribution is 2.47. The minimum absolute atomic E-state index is 0.0712. The topological polar surface area (TPSA) is 116 Å². The van der Waals surface area contributed by atoms with Gasteiger partial charge in [-0.3, -0.25) is 19.2 Å². The summed E-state index contributed by atoms with van der Waals surface area (Å²) < 4.78 is 0. The van der Waals surface area contributed by atoms with E-state index >= 15 is 0 Å². The molecule has 0 aromatic rings. The van der Waals surface area contributed by atoms with Gasteiger partial charge in [-0.2, -0.15) is 0 Å². The molecule has 0 heterocycles. The van der Waals surface area contributed by atoms with Crippen molar-refractivity contribution in [3.63, 3.8) is 0 Å². The van der Waals surface area contributed by atoms with E-state index in [1.165, 1.54) is 308 Å². The molecule has 4 unspecified atom stereocenters. The van der Waals surface area contributed by atoms with Gasteiger partial charge in [0.05, 0.1) is 0 Å². The minimum atomic E-state index is 0.0712. The predicted octanol–water partition coefficient (Wildman–Crippen LogP) is 27.1. The summed E-state index contributed by atoms with van der Waals surface area (Å²) in [4.78, 5) is 52.2. The number of hydrogen-bond acceptors (Lipinski definition) is 4. The molecular formula is C88H172N4O4. The van der Waals surface area contributed by atoms with E-state index in [-0.39, 0.29) is 47.8 Å². The zero-order chi connectivity index (χ0) is 69.8. The first-order chi connectivity index (χ1) is 47.1. The Morgan fingerprint density at radius 3 is 0.521 bits per heavy atom. The number of hydrogen-bond donors (Lipinski definition) is 4. The van der Waals surface area contributed by atoms with Crippen molar-refractivity contribution in [1.82, 2.24) is 21.3 Å². The average molecular weight is 1350 g/mol. The third-order valence-corrected chi connectivity index (χ3v) is 22.7. The number of amides is 4. The molecule has 0 radical (unpaired) electrons. The molecule has 568 valence electrons. The summed E-state index contributed by atoms with van der Waals surface area (Å²) in [6.07, 6.45) is 85.2. The third-order valence-electron chi connectivity index (χ3n) is 22.7.